The lowest BCUT2D eigenvalue weighted by Gasteiger charge is -2.12. The zero-order valence-electron chi connectivity index (χ0n) is 14.7. The molecule has 25 heavy (non-hydrogen) atoms. The van der Waals surface area contributed by atoms with Crippen molar-refractivity contribution in [3.63, 3.8) is 0 Å². The Morgan fingerprint density at radius 2 is 1.64 bits per heavy atom. The van der Waals surface area contributed by atoms with Gasteiger partial charge in [-0.3, -0.25) is 0 Å². The van der Waals surface area contributed by atoms with Gasteiger partial charge in [0.25, 0.3) is 0 Å². The van der Waals surface area contributed by atoms with E-state index in [0.29, 0.717) is 12.1 Å². The standard InChI is InChI=1S/C19H24F3N3/c1-3-4-5-6-7-12-23-18-24-16(13-17(25-18)19(20,21)22)15-10-8-14(2)9-11-15/h8-11,13H,3-7,12H2,1-2H3,(H,23,24,25). The number of rotatable bonds is 8. The van der Waals surface area contributed by atoms with Crippen molar-refractivity contribution in [2.24, 2.45) is 0 Å². The first-order chi connectivity index (χ1) is 11.9. The zero-order chi connectivity index (χ0) is 18.3. The van der Waals surface area contributed by atoms with Gasteiger partial charge in [0.2, 0.25) is 5.95 Å². The minimum absolute atomic E-state index is 0.0286. The third-order valence-corrected chi connectivity index (χ3v) is 3.93. The molecule has 2 aromatic rings. The summed E-state index contributed by atoms with van der Waals surface area (Å²) < 4.78 is 39.4. The van der Waals surface area contributed by atoms with Crippen LogP contribution < -0.4 is 5.32 Å². The first-order valence-corrected chi connectivity index (χ1v) is 8.67. The van der Waals surface area contributed by atoms with E-state index in [1.165, 1.54) is 6.42 Å². The first-order valence-electron chi connectivity index (χ1n) is 8.67. The van der Waals surface area contributed by atoms with Crippen LogP contribution >= 0.6 is 0 Å². The predicted octanol–water partition coefficient (Wildman–Crippen LogP) is 5.85. The van der Waals surface area contributed by atoms with E-state index in [2.05, 4.69) is 22.2 Å². The second kappa shape index (κ2) is 8.83. The summed E-state index contributed by atoms with van der Waals surface area (Å²) >= 11 is 0. The lowest BCUT2D eigenvalue weighted by molar-refractivity contribution is -0.141. The summed E-state index contributed by atoms with van der Waals surface area (Å²) in [6.45, 7) is 4.64. The number of hydrogen-bond donors (Lipinski definition) is 1. The van der Waals surface area contributed by atoms with Crippen LogP contribution in [0.3, 0.4) is 0 Å². The van der Waals surface area contributed by atoms with Crippen LogP contribution in [0.15, 0.2) is 30.3 Å². The second-order valence-electron chi connectivity index (χ2n) is 6.17. The fourth-order valence-corrected chi connectivity index (χ4v) is 2.47. The molecule has 6 heteroatoms. The molecule has 0 spiro atoms. The molecule has 136 valence electrons. The molecule has 0 fully saturated rings. The van der Waals surface area contributed by atoms with Crippen molar-refractivity contribution < 1.29 is 13.2 Å². The highest BCUT2D eigenvalue weighted by Gasteiger charge is 2.33. The molecule has 3 nitrogen and oxygen atoms in total. The minimum atomic E-state index is -4.50. The molecule has 0 radical (unpaired) electrons. The van der Waals surface area contributed by atoms with Crippen LogP contribution in [-0.2, 0) is 6.18 Å². The molecule has 1 heterocycles. The molecular formula is C19H24F3N3. The molecule has 2 rings (SSSR count). The quantitative estimate of drug-likeness (QED) is 0.606. The maximum absolute atomic E-state index is 13.1. The largest absolute Gasteiger partial charge is 0.433 e. The van der Waals surface area contributed by atoms with Gasteiger partial charge < -0.3 is 5.32 Å². The van der Waals surface area contributed by atoms with Gasteiger partial charge in [0, 0.05) is 12.1 Å². The third-order valence-electron chi connectivity index (χ3n) is 3.93. The van der Waals surface area contributed by atoms with Crippen molar-refractivity contribution in [3.05, 3.63) is 41.6 Å². The number of hydrogen-bond acceptors (Lipinski definition) is 3. The van der Waals surface area contributed by atoms with Crippen molar-refractivity contribution >= 4 is 5.95 Å². The van der Waals surface area contributed by atoms with Gasteiger partial charge in [0.1, 0.15) is 0 Å². The number of anilines is 1. The lowest BCUT2D eigenvalue weighted by Crippen LogP contribution is -2.13. The van der Waals surface area contributed by atoms with E-state index in [-0.39, 0.29) is 11.6 Å². The molecule has 1 aromatic heterocycles. The molecular weight excluding hydrogens is 327 g/mol. The fourth-order valence-electron chi connectivity index (χ4n) is 2.47. The number of nitrogens with one attached hydrogen (secondary N) is 1. The maximum Gasteiger partial charge on any atom is 0.433 e. The summed E-state index contributed by atoms with van der Waals surface area (Å²) in [5, 5.41) is 2.93. The molecule has 0 unspecified atom stereocenters. The maximum atomic E-state index is 13.1. The van der Waals surface area contributed by atoms with Crippen molar-refractivity contribution in [2.75, 3.05) is 11.9 Å². The Morgan fingerprint density at radius 1 is 0.960 bits per heavy atom. The molecule has 0 saturated carbocycles. The van der Waals surface area contributed by atoms with E-state index in [0.717, 1.165) is 37.3 Å². The second-order valence-corrected chi connectivity index (χ2v) is 6.17. The average molecular weight is 351 g/mol. The van der Waals surface area contributed by atoms with Gasteiger partial charge in [-0.05, 0) is 19.4 Å². The molecule has 0 aliphatic carbocycles. The highest BCUT2D eigenvalue weighted by molar-refractivity contribution is 5.61. The minimum Gasteiger partial charge on any atom is -0.354 e. The zero-order valence-corrected chi connectivity index (χ0v) is 14.7. The SMILES string of the molecule is CCCCCCCNc1nc(-c2ccc(C)cc2)cc(C(F)(F)F)n1. The monoisotopic (exact) mass is 351 g/mol. The van der Waals surface area contributed by atoms with Crippen molar-refractivity contribution in [1.29, 1.82) is 0 Å². The van der Waals surface area contributed by atoms with Crippen molar-refractivity contribution in [3.8, 4) is 11.3 Å². The Hall–Kier alpha value is -2.11. The van der Waals surface area contributed by atoms with Crippen LogP contribution in [-0.4, -0.2) is 16.5 Å². The summed E-state index contributed by atoms with van der Waals surface area (Å²) in [5.74, 6) is 0.0286. The van der Waals surface area contributed by atoms with E-state index in [9.17, 15) is 13.2 Å². The molecule has 1 aromatic carbocycles. The van der Waals surface area contributed by atoms with Gasteiger partial charge in [-0.15, -0.1) is 0 Å². The number of benzene rings is 1. The normalized spacial score (nSPS) is 11.6. The topological polar surface area (TPSA) is 37.8 Å². The Labute approximate surface area is 146 Å². The first kappa shape index (κ1) is 19.2. The van der Waals surface area contributed by atoms with Crippen molar-refractivity contribution in [2.45, 2.75) is 52.1 Å². The van der Waals surface area contributed by atoms with Gasteiger partial charge in [-0.25, -0.2) is 9.97 Å². The molecule has 0 aliphatic heterocycles. The number of alkyl halides is 3. The summed E-state index contributed by atoms with van der Waals surface area (Å²) in [5.41, 5.74) is 1.03. The van der Waals surface area contributed by atoms with Crippen molar-refractivity contribution in [1.82, 2.24) is 9.97 Å². The lowest BCUT2D eigenvalue weighted by atomic mass is 10.1. The summed E-state index contributed by atoms with van der Waals surface area (Å²) in [4.78, 5) is 7.89. The molecule has 1 N–H and O–H groups in total. The highest BCUT2D eigenvalue weighted by Crippen LogP contribution is 2.31. The van der Waals surface area contributed by atoms with Gasteiger partial charge >= 0.3 is 6.18 Å². The molecule has 0 atom stereocenters. The van der Waals surface area contributed by atoms with Gasteiger partial charge in [0.05, 0.1) is 5.69 Å². The smallest absolute Gasteiger partial charge is 0.354 e. The van der Waals surface area contributed by atoms with Crippen LogP contribution in [0.1, 0.15) is 50.3 Å². The van der Waals surface area contributed by atoms with E-state index in [1.54, 1.807) is 12.1 Å². The van der Waals surface area contributed by atoms with E-state index in [4.69, 9.17) is 0 Å². The number of halogens is 3. The fraction of sp³-hybridized carbons (Fsp3) is 0.474. The Balaban J connectivity index is 2.15. The van der Waals surface area contributed by atoms with Crippen LogP contribution in [0.5, 0.6) is 0 Å². The Kier molecular flexibility index (Phi) is 6.79. The Morgan fingerprint density at radius 3 is 2.28 bits per heavy atom. The summed E-state index contributed by atoms with van der Waals surface area (Å²) in [7, 11) is 0. The van der Waals surface area contributed by atoms with Crippen LogP contribution in [0.4, 0.5) is 19.1 Å². The van der Waals surface area contributed by atoms with E-state index in [1.807, 2.05) is 19.1 Å². The number of aryl methyl sites for hydroxylation is 1. The van der Waals surface area contributed by atoms with Gasteiger partial charge in [-0.1, -0.05) is 62.4 Å². The molecule has 0 amide bonds. The van der Waals surface area contributed by atoms with Crippen LogP contribution in [0.25, 0.3) is 11.3 Å². The summed E-state index contributed by atoms with van der Waals surface area (Å²) in [6, 6.07) is 8.24. The molecule has 0 bridgehead atoms. The number of nitrogens with zero attached hydrogens (tertiary/aromatic N) is 2. The Bertz CT molecular complexity index is 667. The number of unbranched alkanes of at least 4 members (excludes halogenated alkanes) is 4. The van der Waals surface area contributed by atoms with Crippen LogP contribution in [0.2, 0.25) is 0 Å². The molecule has 0 saturated heterocycles. The van der Waals surface area contributed by atoms with Gasteiger partial charge in [0.15, 0.2) is 5.69 Å². The average Bonchev–Trinajstić information content (AvgIpc) is 2.57. The van der Waals surface area contributed by atoms with E-state index >= 15 is 0 Å². The van der Waals surface area contributed by atoms with Crippen LogP contribution in [0, 0.1) is 6.92 Å². The third kappa shape index (κ3) is 6.03. The highest BCUT2D eigenvalue weighted by atomic mass is 19.4. The molecule has 0 aliphatic rings. The summed E-state index contributed by atoms with van der Waals surface area (Å²) in [6.07, 6.45) is 0.905. The van der Waals surface area contributed by atoms with E-state index < -0.39 is 11.9 Å². The predicted molar refractivity (Wildman–Crippen MR) is 94.5 cm³/mol. The van der Waals surface area contributed by atoms with Gasteiger partial charge in [-0.2, -0.15) is 13.2 Å². The number of aromatic nitrogens is 2.